The average molecular weight is 316 g/mol. The number of carbonyl (C=O) groups is 1. The topological polar surface area (TPSA) is 78.4 Å². The Bertz CT molecular complexity index is 666. The van der Waals surface area contributed by atoms with Gasteiger partial charge in [-0.2, -0.15) is 0 Å². The maximum Gasteiger partial charge on any atom is 0.251 e. The molecule has 0 bridgehead atoms. The molecule has 1 fully saturated rings. The van der Waals surface area contributed by atoms with Gasteiger partial charge < -0.3 is 15.3 Å². The zero-order valence-electron chi connectivity index (χ0n) is 12.4. The summed E-state index contributed by atoms with van der Waals surface area (Å²) < 4.78 is 12.9. The summed E-state index contributed by atoms with van der Waals surface area (Å²) in [4.78, 5) is 22.3. The van der Waals surface area contributed by atoms with Crippen LogP contribution in [0, 0.1) is 11.7 Å². The first kappa shape index (κ1) is 15.4. The smallest absolute Gasteiger partial charge is 0.251 e. The number of nitrogens with zero attached hydrogens (tertiary/aromatic N) is 3. The number of halogens is 1. The number of hydrogen-bond donors (Lipinski definition) is 2. The maximum absolute atomic E-state index is 12.9. The summed E-state index contributed by atoms with van der Waals surface area (Å²) in [5, 5.41) is 12.5. The van der Waals surface area contributed by atoms with Crippen LogP contribution in [0.2, 0.25) is 0 Å². The minimum Gasteiger partial charge on any atom is -0.396 e. The van der Waals surface area contributed by atoms with Crippen LogP contribution in [0.5, 0.6) is 0 Å². The third-order valence-electron chi connectivity index (χ3n) is 3.99. The highest BCUT2D eigenvalue weighted by molar-refractivity contribution is 5.94. The third kappa shape index (κ3) is 3.45. The molecule has 2 N–H and O–H groups in total. The summed E-state index contributed by atoms with van der Waals surface area (Å²) in [7, 11) is 0. The Labute approximate surface area is 133 Å². The molecule has 0 radical (unpaired) electrons. The highest BCUT2D eigenvalue weighted by Crippen LogP contribution is 2.22. The van der Waals surface area contributed by atoms with Gasteiger partial charge in [0.05, 0.1) is 6.04 Å². The molecule has 1 aromatic heterocycles. The molecule has 1 aliphatic rings. The maximum atomic E-state index is 12.9. The van der Waals surface area contributed by atoms with Crippen LogP contribution in [0.1, 0.15) is 10.4 Å². The molecule has 1 saturated heterocycles. The summed E-state index contributed by atoms with van der Waals surface area (Å²) in [6.45, 7) is 1.12. The van der Waals surface area contributed by atoms with Gasteiger partial charge in [-0.25, -0.2) is 14.4 Å². The van der Waals surface area contributed by atoms with Gasteiger partial charge in [-0.1, -0.05) is 0 Å². The zero-order valence-corrected chi connectivity index (χ0v) is 12.4. The van der Waals surface area contributed by atoms with E-state index in [1.165, 1.54) is 30.6 Å². The highest BCUT2D eigenvalue weighted by atomic mass is 19.1. The predicted molar refractivity (Wildman–Crippen MR) is 82.5 cm³/mol. The van der Waals surface area contributed by atoms with Gasteiger partial charge >= 0.3 is 0 Å². The van der Waals surface area contributed by atoms with Gasteiger partial charge in [-0.15, -0.1) is 0 Å². The SMILES string of the molecule is O=C(N[C@@H]1CN(c2ccncn2)C[C@H]1CO)c1ccc(F)cc1. The number of amides is 1. The van der Waals surface area contributed by atoms with Crippen molar-refractivity contribution in [2.75, 3.05) is 24.6 Å². The molecule has 2 atom stereocenters. The Balaban J connectivity index is 1.69. The molecular weight excluding hydrogens is 299 g/mol. The van der Waals surface area contributed by atoms with Crippen LogP contribution < -0.4 is 10.2 Å². The fraction of sp³-hybridized carbons (Fsp3) is 0.312. The van der Waals surface area contributed by atoms with Crippen molar-refractivity contribution in [3.63, 3.8) is 0 Å². The van der Waals surface area contributed by atoms with Crippen molar-refractivity contribution < 1.29 is 14.3 Å². The van der Waals surface area contributed by atoms with Crippen molar-refractivity contribution in [1.82, 2.24) is 15.3 Å². The minimum atomic E-state index is -0.384. The van der Waals surface area contributed by atoms with Gasteiger partial charge in [0.2, 0.25) is 0 Å². The molecule has 3 rings (SSSR count). The van der Waals surface area contributed by atoms with E-state index in [0.29, 0.717) is 18.7 Å². The molecule has 0 saturated carbocycles. The lowest BCUT2D eigenvalue weighted by Gasteiger charge is -2.18. The Morgan fingerprint density at radius 3 is 2.74 bits per heavy atom. The van der Waals surface area contributed by atoms with Crippen molar-refractivity contribution in [2.45, 2.75) is 6.04 Å². The van der Waals surface area contributed by atoms with Crippen molar-refractivity contribution in [1.29, 1.82) is 0 Å². The van der Waals surface area contributed by atoms with Crippen molar-refractivity contribution in [3.05, 3.63) is 54.2 Å². The second-order valence-corrected chi connectivity index (χ2v) is 5.50. The number of aromatic nitrogens is 2. The molecule has 0 aliphatic carbocycles. The van der Waals surface area contributed by atoms with Gasteiger partial charge in [-0.05, 0) is 30.3 Å². The largest absolute Gasteiger partial charge is 0.396 e. The second kappa shape index (κ2) is 6.70. The number of aliphatic hydroxyl groups excluding tert-OH is 1. The molecule has 6 nitrogen and oxygen atoms in total. The van der Waals surface area contributed by atoms with Gasteiger partial charge in [0.25, 0.3) is 5.91 Å². The van der Waals surface area contributed by atoms with Crippen LogP contribution in [0.3, 0.4) is 0 Å². The summed E-state index contributed by atoms with van der Waals surface area (Å²) in [5.41, 5.74) is 0.392. The number of rotatable bonds is 4. The molecule has 0 unspecified atom stereocenters. The lowest BCUT2D eigenvalue weighted by Crippen LogP contribution is -2.41. The number of nitrogens with one attached hydrogen (secondary N) is 1. The third-order valence-corrected chi connectivity index (χ3v) is 3.99. The van der Waals surface area contributed by atoms with Gasteiger partial charge in [-0.3, -0.25) is 4.79 Å². The standard InChI is InChI=1S/C16H17FN4O2/c17-13-3-1-11(2-4-13)16(23)20-14-8-21(7-12(14)9-22)15-5-6-18-10-19-15/h1-6,10,12,14,22H,7-9H2,(H,20,23)/t12-,14+/m0/s1. The Kier molecular flexibility index (Phi) is 4.47. The molecule has 0 spiro atoms. The second-order valence-electron chi connectivity index (χ2n) is 5.50. The fourth-order valence-corrected chi connectivity index (χ4v) is 2.73. The summed E-state index contributed by atoms with van der Waals surface area (Å²) in [6.07, 6.45) is 3.12. The Morgan fingerprint density at radius 2 is 2.09 bits per heavy atom. The van der Waals surface area contributed by atoms with E-state index in [1.54, 1.807) is 12.3 Å². The fourth-order valence-electron chi connectivity index (χ4n) is 2.73. The van der Waals surface area contributed by atoms with E-state index in [9.17, 15) is 14.3 Å². The van der Waals surface area contributed by atoms with Gasteiger partial charge in [0.15, 0.2) is 0 Å². The average Bonchev–Trinajstić information content (AvgIpc) is 2.99. The van der Waals surface area contributed by atoms with Crippen molar-refractivity contribution in [2.24, 2.45) is 5.92 Å². The molecule has 1 amide bonds. The molecule has 7 heteroatoms. The minimum absolute atomic E-state index is 0.0318. The van der Waals surface area contributed by atoms with Crippen LogP contribution in [0.25, 0.3) is 0 Å². The lowest BCUT2D eigenvalue weighted by atomic mass is 10.0. The first-order chi connectivity index (χ1) is 11.2. The van der Waals surface area contributed by atoms with Gasteiger partial charge in [0, 0.05) is 37.4 Å². The van der Waals surface area contributed by atoms with Crippen LogP contribution in [0.4, 0.5) is 10.2 Å². The quantitative estimate of drug-likeness (QED) is 0.874. The summed E-state index contributed by atoms with van der Waals surface area (Å²) in [5.74, 6) is 0.00919. The molecule has 2 heterocycles. The van der Waals surface area contributed by atoms with E-state index in [1.807, 2.05) is 4.90 Å². The molecule has 120 valence electrons. The number of carbonyl (C=O) groups excluding carboxylic acids is 1. The number of hydrogen-bond acceptors (Lipinski definition) is 5. The Hall–Kier alpha value is -2.54. The van der Waals surface area contributed by atoms with Crippen molar-refractivity contribution >= 4 is 11.7 Å². The van der Waals surface area contributed by atoms with Crippen LogP contribution in [0.15, 0.2) is 42.9 Å². The van der Waals surface area contributed by atoms with Crippen LogP contribution in [-0.2, 0) is 0 Å². The van der Waals surface area contributed by atoms with E-state index in [2.05, 4.69) is 15.3 Å². The predicted octanol–water partition coefficient (Wildman–Crippen LogP) is 0.843. The first-order valence-electron chi connectivity index (χ1n) is 7.35. The molecule has 1 aliphatic heterocycles. The highest BCUT2D eigenvalue weighted by Gasteiger charge is 2.34. The van der Waals surface area contributed by atoms with E-state index < -0.39 is 0 Å². The zero-order chi connectivity index (χ0) is 16.2. The van der Waals surface area contributed by atoms with Crippen molar-refractivity contribution in [3.8, 4) is 0 Å². The number of anilines is 1. The van der Waals surface area contributed by atoms with E-state index in [4.69, 9.17) is 0 Å². The van der Waals surface area contributed by atoms with Crippen LogP contribution in [-0.4, -0.2) is 46.7 Å². The normalized spacial score (nSPS) is 20.5. The first-order valence-corrected chi connectivity index (χ1v) is 7.35. The van der Waals surface area contributed by atoms with E-state index in [-0.39, 0.29) is 30.3 Å². The lowest BCUT2D eigenvalue weighted by molar-refractivity contribution is 0.0921. The van der Waals surface area contributed by atoms with Gasteiger partial charge in [0.1, 0.15) is 18.0 Å². The van der Waals surface area contributed by atoms with E-state index in [0.717, 1.165) is 5.82 Å². The monoisotopic (exact) mass is 316 g/mol. The summed E-state index contributed by atoms with van der Waals surface area (Å²) in [6, 6.07) is 6.97. The van der Waals surface area contributed by atoms with E-state index >= 15 is 0 Å². The molecule has 1 aromatic carbocycles. The molecular formula is C16H17FN4O2. The number of benzene rings is 1. The Morgan fingerprint density at radius 1 is 1.30 bits per heavy atom. The molecule has 2 aromatic rings. The number of aliphatic hydroxyl groups is 1. The van der Waals surface area contributed by atoms with Crippen LogP contribution >= 0.6 is 0 Å². The molecule has 23 heavy (non-hydrogen) atoms. The summed E-state index contributed by atoms with van der Waals surface area (Å²) >= 11 is 0.